The van der Waals surface area contributed by atoms with Gasteiger partial charge in [-0.3, -0.25) is 24.6 Å². The van der Waals surface area contributed by atoms with Crippen molar-refractivity contribution >= 4 is 40.4 Å². The maximum absolute atomic E-state index is 14.8. The molecule has 160 valence electrons. The van der Waals surface area contributed by atoms with E-state index in [1.54, 1.807) is 6.07 Å². The third-order valence-corrected chi connectivity index (χ3v) is 5.35. The summed E-state index contributed by atoms with van der Waals surface area (Å²) >= 11 is 5.93. The van der Waals surface area contributed by atoms with Crippen LogP contribution in [0, 0.1) is 15.9 Å². The smallest absolute Gasteiger partial charge is 0.300 e. The number of nitro benzene ring substituents is 1. The molecule has 32 heavy (non-hydrogen) atoms. The minimum absolute atomic E-state index is 0.00473. The van der Waals surface area contributed by atoms with Gasteiger partial charge in [-0.25, -0.2) is 4.39 Å². The summed E-state index contributed by atoms with van der Waals surface area (Å²) in [7, 11) is 0. The van der Waals surface area contributed by atoms with Crippen LogP contribution in [0.5, 0.6) is 0 Å². The van der Waals surface area contributed by atoms with Crippen LogP contribution < -0.4 is 4.90 Å². The van der Waals surface area contributed by atoms with Crippen LogP contribution in [0.1, 0.15) is 17.2 Å². The molecule has 1 aliphatic rings. The number of amides is 1. The number of carbonyl (C=O) groups is 2. The lowest BCUT2D eigenvalue weighted by Crippen LogP contribution is -2.29. The van der Waals surface area contributed by atoms with Crippen LogP contribution in [0.15, 0.2) is 78.4 Å². The van der Waals surface area contributed by atoms with Gasteiger partial charge in [-0.15, -0.1) is 0 Å². The number of rotatable bonds is 4. The average molecular weight is 453 g/mol. The summed E-state index contributed by atoms with van der Waals surface area (Å²) in [6.45, 7) is 0. The number of hydrogen-bond acceptors (Lipinski definition) is 5. The van der Waals surface area contributed by atoms with Gasteiger partial charge in [0.05, 0.1) is 16.5 Å². The summed E-state index contributed by atoms with van der Waals surface area (Å²) < 4.78 is 14.8. The van der Waals surface area contributed by atoms with Gasteiger partial charge in [-0.2, -0.15) is 0 Å². The summed E-state index contributed by atoms with van der Waals surface area (Å²) in [6, 6.07) is 15.2. The molecule has 3 aromatic carbocycles. The molecule has 3 aromatic rings. The molecule has 0 bridgehead atoms. The predicted octanol–water partition coefficient (Wildman–Crippen LogP) is 5.01. The van der Waals surface area contributed by atoms with Gasteiger partial charge in [-0.1, -0.05) is 29.8 Å². The van der Waals surface area contributed by atoms with Crippen LogP contribution in [0.3, 0.4) is 0 Å². The van der Waals surface area contributed by atoms with Gasteiger partial charge in [-0.05, 0) is 42.5 Å². The van der Waals surface area contributed by atoms with Crippen LogP contribution in [0.2, 0.25) is 5.02 Å². The minimum atomic E-state index is -1.26. The maximum atomic E-state index is 14.8. The van der Waals surface area contributed by atoms with E-state index in [-0.39, 0.29) is 28.1 Å². The van der Waals surface area contributed by atoms with Gasteiger partial charge in [0.25, 0.3) is 17.4 Å². The second-order valence-corrected chi connectivity index (χ2v) is 7.41. The van der Waals surface area contributed by atoms with Crippen LogP contribution in [-0.4, -0.2) is 21.7 Å². The maximum Gasteiger partial charge on any atom is 0.300 e. The first kappa shape index (κ1) is 21.2. The summed E-state index contributed by atoms with van der Waals surface area (Å²) in [5.41, 5.74) is -0.179. The topological polar surface area (TPSA) is 101 Å². The molecule has 1 heterocycles. The van der Waals surface area contributed by atoms with Crippen molar-refractivity contribution in [3.05, 3.63) is 110 Å². The van der Waals surface area contributed by atoms with Crippen LogP contribution in [0.4, 0.5) is 15.8 Å². The molecule has 1 aliphatic heterocycles. The first-order valence-electron chi connectivity index (χ1n) is 9.35. The number of aliphatic hydroxyl groups is 1. The van der Waals surface area contributed by atoms with Crippen molar-refractivity contribution in [2.45, 2.75) is 6.04 Å². The van der Waals surface area contributed by atoms with Crippen molar-refractivity contribution in [3.63, 3.8) is 0 Å². The predicted molar refractivity (Wildman–Crippen MR) is 116 cm³/mol. The van der Waals surface area contributed by atoms with Crippen LogP contribution in [0.25, 0.3) is 5.76 Å². The third kappa shape index (κ3) is 3.61. The lowest BCUT2D eigenvalue weighted by Gasteiger charge is -2.25. The summed E-state index contributed by atoms with van der Waals surface area (Å²) in [4.78, 5) is 37.3. The second-order valence-electron chi connectivity index (χ2n) is 6.97. The standard InChI is InChI=1S/C23H14ClFN2O5/c24-14-7-11-15(12-8-14)26-20(17-3-1-2-4-18(17)25)19(22(29)23(26)30)21(28)13-5-9-16(10-6-13)27(31)32/h1-12,20,28H/b21-19+. The van der Waals surface area contributed by atoms with E-state index in [1.807, 2.05) is 0 Å². The zero-order valence-electron chi connectivity index (χ0n) is 16.2. The number of Topliss-reactive ketones (excluding diaryl/α,β-unsaturated/α-hetero) is 1. The van der Waals surface area contributed by atoms with E-state index in [9.17, 15) is 29.2 Å². The number of nitrogens with zero attached hydrogens (tertiary/aromatic N) is 2. The molecular weight excluding hydrogens is 439 g/mol. The molecular formula is C23H14ClFN2O5. The Hall–Kier alpha value is -4.04. The summed E-state index contributed by atoms with van der Waals surface area (Å²) in [5.74, 6) is -3.20. The fraction of sp³-hybridized carbons (Fsp3) is 0.0435. The van der Waals surface area contributed by atoms with Gasteiger partial charge in [0.1, 0.15) is 11.6 Å². The normalized spacial score (nSPS) is 17.6. The monoisotopic (exact) mass is 452 g/mol. The highest BCUT2D eigenvalue weighted by Crippen LogP contribution is 2.43. The van der Waals surface area contributed by atoms with Crippen molar-refractivity contribution in [1.82, 2.24) is 0 Å². The molecule has 1 saturated heterocycles. The lowest BCUT2D eigenvalue weighted by atomic mass is 9.94. The fourth-order valence-electron chi connectivity index (χ4n) is 3.59. The first-order chi connectivity index (χ1) is 15.3. The molecule has 7 nitrogen and oxygen atoms in total. The summed E-state index contributed by atoms with van der Waals surface area (Å²) in [5, 5.41) is 22.2. The van der Waals surface area contributed by atoms with Crippen molar-refractivity contribution in [2.24, 2.45) is 0 Å². The number of ketones is 1. The van der Waals surface area contributed by atoms with Gasteiger partial charge in [0.2, 0.25) is 0 Å². The highest BCUT2D eigenvalue weighted by molar-refractivity contribution is 6.51. The molecule has 0 aliphatic carbocycles. The first-order valence-corrected chi connectivity index (χ1v) is 9.73. The van der Waals surface area contributed by atoms with E-state index >= 15 is 0 Å². The molecule has 0 aromatic heterocycles. The third-order valence-electron chi connectivity index (χ3n) is 5.10. The highest BCUT2D eigenvalue weighted by atomic mass is 35.5. The quantitative estimate of drug-likeness (QED) is 0.197. The largest absolute Gasteiger partial charge is 0.507 e. The Bertz CT molecular complexity index is 1270. The highest BCUT2D eigenvalue weighted by Gasteiger charge is 2.47. The number of hydrogen-bond donors (Lipinski definition) is 1. The Labute approximate surface area is 186 Å². The second kappa shape index (κ2) is 8.24. The Kier molecular flexibility index (Phi) is 5.46. The van der Waals surface area contributed by atoms with Crippen LogP contribution in [-0.2, 0) is 9.59 Å². The number of anilines is 1. The fourth-order valence-corrected chi connectivity index (χ4v) is 3.71. The Morgan fingerprint density at radius 2 is 1.62 bits per heavy atom. The molecule has 0 radical (unpaired) electrons. The van der Waals surface area contributed by atoms with Crippen molar-refractivity contribution in [2.75, 3.05) is 4.90 Å². The SMILES string of the molecule is O=C1C(=O)N(c2ccc(Cl)cc2)C(c2ccccc2F)/C1=C(\O)c1ccc([N+](=O)[O-])cc1. The average Bonchev–Trinajstić information content (AvgIpc) is 3.05. The van der Waals surface area contributed by atoms with E-state index < -0.39 is 34.2 Å². The molecule has 0 saturated carbocycles. The van der Waals surface area contributed by atoms with Crippen molar-refractivity contribution in [1.29, 1.82) is 0 Å². The van der Waals surface area contributed by atoms with E-state index in [1.165, 1.54) is 54.6 Å². The number of benzene rings is 3. The zero-order valence-corrected chi connectivity index (χ0v) is 17.0. The number of nitro groups is 1. The number of carbonyl (C=O) groups excluding carboxylic acids is 2. The Morgan fingerprint density at radius 3 is 2.22 bits per heavy atom. The molecule has 1 fully saturated rings. The van der Waals surface area contributed by atoms with E-state index in [4.69, 9.17) is 11.6 Å². The van der Waals surface area contributed by atoms with E-state index in [0.29, 0.717) is 5.02 Å². The van der Waals surface area contributed by atoms with Gasteiger partial charge in [0.15, 0.2) is 0 Å². The van der Waals surface area contributed by atoms with E-state index in [2.05, 4.69) is 0 Å². The molecule has 1 N–H and O–H groups in total. The number of non-ortho nitro benzene ring substituents is 1. The number of aliphatic hydroxyl groups excluding tert-OH is 1. The molecule has 1 atom stereocenters. The molecule has 4 rings (SSSR count). The van der Waals surface area contributed by atoms with Crippen molar-refractivity contribution < 1.29 is 24.0 Å². The van der Waals surface area contributed by atoms with Crippen LogP contribution >= 0.6 is 11.6 Å². The van der Waals surface area contributed by atoms with Gasteiger partial charge in [0, 0.05) is 34.0 Å². The minimum Gasteiger partial charge on any atom is -0.507 e. The number of halogens is 2. The van der Waals surface area contributed by atoms with Gasteiger partial charge < -0.3 is 5.11 Å². The molecule has 0 spiro atoms. The molecule has 1 unspecified atom stereocenters. The van der Waals surface area contributed by atoms with Crippen molar-refractivity contribution in [3.8, 4) is 0 Å². The van der Waals surface area contributed by atoms with Gasteiger partial charge >= 0.3 is 0 Å². The lowest BCUT2D eigenvalue weighted by molar-refractivity contribution is -0.384. The van der Waals surface area contributed by atoms with E-state index in [0.717, 1.165) is 17.0 Å². The molecule has 9 heteroatoms. The summed E-state index contributed by atoms with van der Waals surface area (Å²) in [6.07, 6.45) is 0. The Morgan fingerprint density at radius 1 is 1.00 bits per heavy atom. The zero-order chi connectivity index (χ0) is 23.0. The molecule has 1 amide bonds. The Balaban J connectivity index is 1.93.